The average molecular weight is 431 g/mol. The molecule has 152 valence electrons. The summed E-state index contributed by atoms with van der Waals surface area (Å²) in [6, 6.07) is 15.2. The minimum absolute atomic E-state index is 0. The summed E-state index contributed by atoms with van der Waals surface area (Å²) >= 11 is 6.20. The Hall–Kier alpha value is -2.21. The van der Waals surface area contributed by atoms with Crippen molar-refractivity contribution in [2.75, 3.05) is 6.54 Å². The molecule has 0 aliphatic heterocycles. The van der Waals surface area contributed by atoms with Crippen molar-refractivity contribution in [1.29, 1.82) is 0 Å². The van der Waals surface area contributed by atoms with Crippen LogP contribution >= 0.6 is 24.0 Å². The fourth-order valence-electron chi connectivity index (χ4n) is 4.18. The topological polar surface area (TPSA) is 73.8 Å². The highest BCUT2D eigenvalue weighted by atomic mass is 35.5. The van der Waals surface area contributed by atoms with Gasteiger partial charge in [0.15, 0.2) is 0 Å². The quantitative estimate of drug-likeness (QED) is 0.665. The van der Waals surface area contributed by atoms with Crippen LogP contribution in [0, 0.1) is 0 Å². The van der Waals surface area contributed by atoms with E-state index in [1.165, 1.54) is 5.56 Å². The summed E-state index contributed by atoms with van der Waals surface area (Å²) in [5.74, 6) is 0. The molecule has 0 amide bonds. The monoisotopic (exact) mass is 430 g/mol. The maximum Gasteiger partial charge on any atom is 0.267 e. The molecule has 2 N–H and O–H groups in total. The molecule has 0 bridgehead atoms. The summed E-state index contributed by atoms with van der Waals surface area (Å²) in [4.78, 5) is 16.6. The second-order valence-electron chi connectivity index (χ2n) is 7.47. The van der Waals surface area contributed by atoms with Gasteiger partial charge in [-0.25, -0.2) is 4.68 Å². The molecule has 2 heterocycles. The Kier molecular flexibility index (Phi) is 6.73. The van der Waals surface area contributed by atoms with E-state index in [2.05, 4.69) is 16.1 Å². The lowest BCUT2D eigenvalue weighted by molar-refractivity contribution is 0.222. The van der Waals surface area contributed by atoms with Crippen molar-refractivity contribution in [1.82, 2.24) is 14.8 Å². The summed E-state index contributed by atoms with van der Waals surface area (Å²) in [5, 5.41) is 5.37. The van der Waals surface area contributed by atoms with Crippen LogP contribution in [0.5, 0.6) is 0 Å². The van der Waals surface area contributed by atoms with Gasteiger partial charge in [0.1, 0.15) is 0 Å². The van der Waals surface area contributed by atoms with Crippen LogP contribution in [-0.4, -0.2) is 21.3 Å². The normalized spacial score (nSPS) is 21.4. The maximum atomic E-state index is 12.5. The molecule has 29 heavy (non-hydrogen) atoms. The minimum Gasteiger partial charge on any atom is -0.330 e. The highest BCUT2D eigenvalue weighted by molar-refractivity contribution is 6.30. The van der Waals surface area contributed by atoms with E-state index < -0.39 is 0 Å². The van der Waals surface area contributed by atoms with Crippen LogP contribution in [0.4, 0.5) is 0 Å². The number of pyridine rings is 1. The van der Waals surface area contributed by atoms with E-state index in [-0.39, 0.29) is 29.4 Å². The van der Waals surface area contributed by atoms with Crippen LogP contribution in [-0.2, 0) is 5.41 Å². The Balaban J connectivity index is 0.00000240. The zero-order chi connectivity index (χ0) is 19.6. The van der Waals surface area contributed by atoms with Gasteiger partial charge in [-0.2, -0.15) is 5.10 Å². The summed E-state index contributed by atoms with van der Waals surface area (Å²) < 4.78 is 1.64. The first-order chi connectivity index (χ1) is 13.6. The Morgan fingerprint density at radius 3 is 2.59 bits per heavy atom. The zero-order valence-corrected chi connectivity index (χ0v) is 17.6. The van der Waals surface area contributed by atoms with Gasteiger partial charge >= 0.3 is 0 Å². The Labute approximate surface area is 181 Å². The Morgan fingerprint density at radius 2 is 1.93 bits per heavy atom. The van der Waals surface area contributed by atoms with E-state index in [4.69, 9.17) is 17.3 Å². The summed E-state index contributed by atoms with van der Waals surface area (Å²) in [5.41, 5.74) is 8.89. The molecule has 1 aliphatic carbocycles. The number of rotatable bonds is 4. The van der Waals surface area contributed by atoms with Crippen LogP contribution in [0.1, 0.15) is 37.3 Å². The summed E-state index contributed by atoms with van der Waals surface area (Å²) in [7, 11) is 0. The summed E-state index contributed by atoms with van der Waals surface area (Å²) in [6.07, 6.45) is 7.00. The van der Waals surface area contributed by atoms with Crippen LogP contribution in [0.25, 0.3) is 11.3 Å². The van der Waals surface area contributed by atoms with Crippen molar-refractivity contribution in [3.8, 4) is 11.3 Å². The third-order valence-corrected chi connectivity index (χ3v) is 6.10. The lowest BCUT2D eigenvalue weighted by atomic mass is 9.68. The molecular formula is C22H24Cl2N4O. The largest absolute Gasteiger partial charge is 0.330 e. The lowest BCUT2D eigenvalue weighted by Crippen LogP contribution is -2.41. The van der Waals surface area contributed by atoms with Crippen molar-refractivity contribution >= 4 is 24.0 Å². The molecule has 0 unspecified atom stereocenters. The number of nitrogens with two attached hydrogens (primary N) is 1. The third-order valence-electron chi connectivity index (χ3n) is 5.87. The highest BCUT2D eigenvalue weighted by Gasteiger charge is 2.37. The standard InChI is InChI=1S/C22H23ClN4O.ClH/c23-18-5-1-4-17(13-18)22(15-24)10-8-19(9-11-22)27-21(28)7-6-20(26-27)16-3-2-12-25-14-16;/h1-7,12-14,19H,8-11,15,24H2;1H. The molecule has 4 rings (SSSR count). The molecule has 0 atom stereocenters. The first-order valence-electron chi connectivity index (χ1n) is 9.58. The lowest BCUT2D eigenvalue weighted by Gasteiger charge is -2.40. The number of hydrogen-bond donors (Lipinski definition) is 1. The van der Waals surface area contributed by atoms with Crippen molar-refractivity contribution in [3.05, 3.63) is 81.9 Å². The SMILES string of the molecule is Cl.NCC1(c2cccc(Cl)c2)CCC(n2nc(-c3cccnc3)ccc2=O)CC1. The first-order valence-corrected chi connectivity index (χ1v) is 9.95. The number of benzene rings is 1. The molecule has 1 aromatic carbocycles. The fourth-order valence-corrected chi connectivity index (χ4v) is 4.37. The molecule has 0 radical (unpaired) electrons. The molecule has 0 saturated heterocycles. The van der Waals surface area contributed by atoms with Crippen molar-refractivity contribution < 1.29 is 0 Å². The van der Waals surface area contributed by atoms with Gasteiger partial charge in [0.2, 0.25) is 0 Å². The van der Waals surface area contributed by atoms with E-state index >= 15 is 0 Å². The second-order valence-corrected chi connectivity index (χ2v) is 7.91. The second kappa shape index (κ2) is 9.08. The zero-order valence-electron chi connectivity index (χ0n) is 16.0. The van der Waals surface area contributed by atoms with E-state index in [9.17, 15) is 4.79 Å². The molecule has 5 nitrogen and oxygen atoms in total. The van der Waals surface area contributed by atoms with Gasteiger partial charge in [0.05, 0.1) is 11.7 Å². The van der Waals surface area contributed by atoms with Crippen molar-refractivity contribution in [2.24, 2.45) is 5.73 Å². The van der Waals surface area contributed by atoms with Gasteiger partial charge in [-0.3, -0.25) is 9.78 Å². The smallest absolute Gasteiger partial charge is 0.267 e. The van der Waals surface area contributed by atoms with Crippen LogP contribution < -0.4 is 11.3 Å². The summed E-state index contributed by atoms with van der Waals surface area (Å²) in [6.45, 7) is 0.568. The molecule has 0 spiro atoms. The van der Waals surface area contributed by atoms with Crippen molar-refractivity contribution in [2.45, 2.75) is 37.1 Å². The van der Waals surface area contributed by atoms with E-state index in [0.717, 1.165) is 42.0 Å². The molecular weight excluding hydrogens is 407 g/mol. The molecule has 3 aromatic rings. The van der Waals surface area contributed by atoms with Gasteiger partial charge in [-0.05, 0) is 61.6 Å². The Morgan fingerprint density at radius 1 is 1.14 bits per heavy atom. The first kappa shape index (κ1) is 21.5. The number of halogens is 2. The highest BCUT2D eigenvalue weighted by Crippen LogP contribution is 2.42. The number of hydrogen-bond acceptors (Lipinski definition) is 4. The molecule has 1 saturated carbocycles. The van der Waals surface area contributed by atoms with Gasteiger partial charge in [0, 0.05) is 41.0 Å². The van der Waals surface area contributed by atoms with E-state index in [1.807, 2.05) is 30.3 Å². The van der Waals surface area contributed by atoms with E-state index in [0.29, 0.717) is 6.54 Å². The number of nitrogens with zero attached hydrogens (tertiary/aromatic N) is 3. The maximum absolute atomic E-state index is 12.5. The molecule has 1 aliphatic rings. The average Bonchev–Trinajstić information content (AvgIpc) is 2.75. The van der Waals surface area contributed by atoms with Gasteiger partial charge in [0.25, 0.3) is 5.56 Å². The van der Waals surface area contributed by atoms with Crippen LogP contribution in [0.3, 0.4) is 0 Å². The number of aromatic nitrogens is 3. The van der Waals surface area contributed by atoms with Gasteiger partial charge < -0.3 is 5.73 Å². The van der Waals surface area contributed by atoms with Gasteiger partial charge in [-0.15, -0.1) is 12.4 Å². The molecule has 7 heteroatoms. The third kappa shape index (κ3) is 4.37. The van der Waals surface area contributed by atoms with E-state index in [1.54, 1.807) is 29.2 Å². The Bertz CT molecular complexity index is 1010. The predicted octanol–water partition coefficient (Wildman–Crippen LogP) is 4.39. The molecule has 1 fully saturated rings. The van der Waals surface area contributed by atoms with Crippen LogP contribution in [0.2, 0.25) is 5.02 Å². The van der Waals surface area contributed by atoms with Crippen molar-refractivity contribution in [3.63, 3.8) is 0 Å². The van der Waals surface area contributed by atoms with Gasteiger partial charge in [-0.1, -0.05) is 23.7 Å². The molecule has 2 aromatic heterocycles. The minimum atomic E-state index is -0.0913. The van der Waals surface area contributed by atoms with Crippen LogP contribution in [0.15, 0.2) is 65.7 Å². The predicted molar refractivity (Wildman–Crippen MR) is 119 cm³/mol. The fraction of sp³-hybridized carbons (Fsp3) is 0.318.